The Labute approximate surface area is 131 Å². The lowest BCUT2D eigenvalue weighted by atomic mass is 10.2. The fraction of sp³-hybridized carbons (Fsp3) is 0.200. The summed E-state index contributed by atoms with van der Waals surface area (Å²) in [5, 5.41) is 6.23. The van der Waals surface area contributed by atoms with E-state index in [1.165, 1.54) is 0 Å². The van der Waals surface area contributed by atoms with Crippen molar-refractivity contribution in [2.75, 3.05) is 26.6 Å². The number of ether oxygens (including phenoxy) is 3. The molecule has 6 nitrogen and oxygen atoms in total. The molecule has 2 aromatic heterocycles. The zero-order chi connectivity index (χ0) is 15.5. The molecule has 0 aliphatic heterocycles. The van der Waals surface area contributed by atoms with Crippen LogP contribution >= 0.6 is 11.3 Å². The van der Waals surface area contributed by atoms with Gasteiger partial charge < -0.3 is 19.5 Å². The van der Waals surface area contributed by atoms with E-state index in [1.54, 1.807) is 39.0 Å². The molecule has 0 amide bonds. The smallest absolute Gasteiger partial charge is 0.203 e. The van der Waals surface area contributed by atoms with E-state index in [0.717, 1.165) is 21.7 Å². The van der Waals surface area contributed by atoms with Gasteiger partial charge in [-0.1, -0.05) is 0 Å². The van der Waals surface area contributed by atoms with Crippen molar-refractivity contribution in [3.8, 4) is 17.2 Å². The number of nitrogens with zero attached hydrogens (tertiary/aromatic N) is 2. The lowest BCUT2D eigenvalue weighted by Crippen LogP contribution is -1.99. The first kappa shape index (κ1) is 14.4. The fourth-order valence-corrected chi connectivity index (χ4v) is 2.91. The number of methoxy groups -OCH3 is 3. The van der Waals surface area contributed by atoms with Crippen molar-refractivity contribution in [2.45, 2.75) is 0 Å². The van der Waals surface area contributed by atoms with Gasteiger partial charge >= 0.3 is 0 Å². The second-order valence-corrected chi connectivity index (χ2v) is 5.30. The maximum Gasteiger partial charge on any atom is 0.203 e. The number of fused-ring (bicyclic) bond motifs is 1. The quantitative estimate of drug-likeness (QED) is 0.777. The molecule has 0 saturated heterocycles. The Balaban J connectivity index is 2.03. The van der Waals surface area contributed by atoms with Gasteiger partial charge in [0.2, 0.25) is 5.75 Å². The molecular weight excluding hydrogens is 302 g/mol. The zero-order valence-corrected chi connectivity index (χ0v) is 13.2. The van der Waals surface area contributed by atoms with Gasteiger partial charge in [-0.15, -0.1) is 11.3 Å². The molecule has 0 bridgehead atoms. The van der Waals surface area contributed by atoms with Gasteiger partial charge in [0.05, 0.1) is 26.7 Å². The first-order valence-electron chi connectivity index (χ1n) is 6.52. The van der Waals surface area contributed by atoms with E-state index in [4.69, 9.17) is 14.2 Å². The van der Waals surface area contributed by atoms with Crippen LogP contribution in [0.4, 0.5) is 11.5 Å². The number of anilines is 2. The summed E-state index contributed by atoms with van der Waals surface area (Å²) in [4.78, 5) is 9.47. The van der Waals surface area contributed by atoms with E-state index in [-0.39, 0.29) is 0 Å². The average Bonchev–Trinajstić information content (AvgIpc) is 3.03. The number of hydrogen-bond acceptors (Lipinski definition) is 7. The summed E-state index contributed by atoms with van der Waals surface area (Å²) in [6.07, 6.45) is 1.54. The second-order valence-electron chi connectivity index (χ2n) is 4.40. The van der Waals surface area contributed by atoms with Gasteiger partial charge in [-0.3, -0.25) is 0 Å². The summed E-state index contributed by atoms with van der Waals surface area (Å²) in [5.74, 6) is 2.46. The monoisotopic (exact) mass is 317 g/mol. The molecular formula is C15H15N3O3S. The Bertz CT molecular complexity index is 779. The molecule has 1 aromatic carbocycles. The molecule has 0 unspecified atom stereocenters. The van der Waals surface area contributed by atoms with E-state index in [2.05, 4.69) is 15.3 Å². The van der Waals surface area contributed by atoms with Crippen LogP contribution in [-0.4, -0.2) is 31.3 Å². The predicted octanol–water partition coefficient (Wildman–Crippen LogP) is 3.46. The van der Waals surface area contributed by atoms with Crippen molar-refractivity contribution < 1.29 is 14.2 Å². The first-order chi connectivity index (χ1) is 10.8. The minimum Gasteiger partial charge on any atom is -0.493 e. The second kappa shape index (κ2) is 6.07. The number of nitrogens with one attached hydrogen (secondary N) is 1. The van der Waals surface area contributed by atoms with Crippen LogP contribution in [0.15, 0.2) is 29.9 Å². The zero-order valence-electron chi connectivity index (χ0n) is 12.4. The van der Waals surface area contributed by atoms with Crippen molar-refractivity contribution in [3.05, 3.63) is 29.9 Å². The summed E-state index contributed by atoms with van der Waals surface area (Å²) < 4.78 is 16.0. The van der Waals surface area contributed by atoms with Gasteiger partial charge in [-0.2, -0.15) is 0 Å². The van der Waals surface area contributed by atoms with Crippen LogP contribution in [-0.2, 0) is 0 Å². The highest BCUT2D eigenvalue weighted by molar-refractivity contribution is 7.16. The molecule has 0 spiro atoms. The number of thiophene rings is 1. The highest BCUT2D eigenvalue weighted by Gasteiger charge is 2.14. The molecule has 7 heteroatoms. The molecule has 22 heavy (non-hydrogen) atoms. The first-order valence-corrected chi connectivity index (χ1v) is 7.40. The van der Waals surface area contributed by atoms with Crippen LogP contribution in [0.3, 0.4) is 0 Å². The van der Waals surface area contributed by atoms with Gasteiger partial charge in [0.25, 0.3) is 0 Å². The van der Waals surface area contributed by atoms with Gasteiger partial charge in [0, 0.05) is 17.8 Å². The highest BCUT2D eigenvalue weighted by atomic mass is 32.1. The van der Waals surface area contributed by atoms with Gasteiger partial charge in [0.15, 0.2) is 11.5 Å². The third kappa shape index (κ3) is 2.50. The van der Waals surface area contributed by atoms with E-state index in [9.17, 15) is 0 Å². The number of rotatable bonds is 5. The van der Waals surface area contributed by atoms with Crippen molar-refractivity contribution in [2.24, 2.45) is 0 Å². The predicted molar refractivity (Wildman–Crippen MR) is 86.8 cm³/mol. The Kier molecular flexibility index (Phi) is 3.97. The molecule has 1 N–H and O–H groups in total. The third-order valence-corrected chi connectivity index (χ3v) is 4.01. The largest absolute Gasteiger partial charge is 0.493 e. The molecule has 3 rings (SSSR count). The van der Waals surface area contributed by atoms with E-state index >= 15 is 0 Å². The van der Waals surface area contributed by atoms with Crippen LogP contribution in [0.2, 0.25) is 0 Å². The van der Waals surface area contributed by atoms with E-state index < -0.39 is 0 Å². The summed E-state index contributed by atoms with van der Waals surface area (Å²) in [5.41, 5.74) is 0.792. The maximum absolute atomic E-state index is 5.35. The third-order valence-electron chi connectivity index (χ3n) is 3.19. The van der Waals surface area contributed by atoms with Gasteiger partial charge in [0.1, 0.15) is 17.0 Å². The topological polar surface area (TPSA) is 65.5 Å². The summed E-state index contributed by atoms with van der Waals surface area (Å²) >= 11 is 1.57. The van der Waals surface area contributed by atoms with Crippen molar-refractivity contribution >= 4 is 33.1 Å². The summed E-state index contributed by atoms with van der Waals surface area (Å²) in [7, 11) is 4.75. The van der Waals surface area contributed by atoms with Gasteiger partial charge in [-0.25, -0.2) is 9.97 Å². The Morgan fingerprint density at radius 3 is 2.36 bits per heavy atom. The summed E-state index contributed by atoms with van der Waals surface area (Å²) in [6.45, 7) is 0. The van der Waals surface area contributed by atoms with Crippen LogP contribution in [0.1, 0.15) is 0 Å². The molecule has 2 heterocycles. The molecule has 0 fully saturated rings. The molecule has 0 aliphatic carbocycles. The molecule has 0 radical (unpaired) electrons. The summed E-state index contributed by atoms with van der Waals surface area (Å²) in [6, 6.07) is 5.66. The van der Waals surface area contributed by atoms with Crippen molar-refractivity contribution in [3.63, 3.8) is 0 Å². The van der Waals surface area contributed by atoms with Crippen molar-refractivity contribution in [1.82, 2.24) is 9.97 Å². The number of benzene rings is 1. The van der Waals surface area contributed by atoms with Crippen LogP contribution in [0, 0.1) is 0 Å². The molecule has 114 valence electrons. The SMILES string of the molecule is COc1cc(Nc2ncnc3sccc23)cc(OC)c1OC. The Morgan fingerprint density at radius 2 is 1.73 bits per heavy atom. The lowest BCUT2D eigenvalue weighted by Gasteiger charge is -2.15. The minimum absolute atomic E-state index is 0.555. The Hall–Kier alpha value is -2.54. The van der Waals surface area contributed by atoms with E-state index in [1.807, 2.05) is 23.6 Å². The van der Waals surface area contributed by atoms with E-state index in [0.29, 0.717) is 17.2 Å². The molecule has 0 atom stereocenters. The van der Waals surface area contributed by atoms with Crippen LogP contribution in [0.5, 0.6) is 17.2 Å². The van der Waals surface area contributed by atoms with Gasteiger partial charge in [-0.05, 0) is 11.4 Å². The molecule has 0 saturated carbocycles. The standard InChI is InChI=1S/C15H15N3O3S/c1-19-11-6-9(7-12(20-2)13(11)21-3)18-14-10-4-5-22-15(10)17-8-16-14/h4-8H,1-3H3,(H,16,17,18). The maximum atomic E-state index is 5.35. The Morgan fingerprint density at radius 1 is 1.00 bits per heavy atom. The fourth-order valence-electron chi connectivity index (χ4n) is 2.18. The number of hydrogen-bond donors (Lipinski definition) is 1. The van der Waals surface area contributed by atoms with Crippen molar-refractivity contribution in [1.29, 1.82) is 0 Å². The molecule has 0 aliphatic rings. The normalized spacial score (nSPS) is 10.5. The van der Waals surface area contributed by atoms with Crippen LogP contribution in [0.25, 0.3) is 10.2 Å². The molecule has 3 aromatic rings. The van der Waals surface area contributed by atoms with Crippen LogP contribution < -0.4 is 19.5 Å². The lowest BCUT2D eigenvalue weighted by molar-refractivity contribution is 0.324. The number of aromatic nitrogens is 2. The highest BCUT2D eigenvalue weighted by Crippen LogP contribution is 2.41. The average molecular weight is 317 g/mol. The minimum atomic E-state index is 0.555.